The highest BCUT2D eigenvalue weighted by atomic mass is 31.2. The Morgan fingerprint density at radius 3 is 1.68 bits per heavy atom. The summed E-state index contributed by atoms with van der Waals surface area (Å²) in [5.41, 5.74) is 3.20. The van der Waals surface area contributed by atoms with Gasteiger partial charge in [0.25, 0.3) is 0 Å². The van der Waals surface area contributed by atoms with Gasteiger partial charge in [0.2, 0.25) is 0 Å². The number of rotatable bonds is 6. The first-order valence-corrected chi connectivity index (χ1v) is 9.23. The number of aryl methyl sites for hydroxylation is 3. The van der Waals surface area contributed by atoms with Gasteiger partial charge in [-0.1, -0.05) is 48.5 Å². The van der Waals surface area contributed by atoms with Crippen LogP contribution in [0.5, 0.6) is 17.2 Å². The van der Waals surface area contributed by atoms with Crippen LogP contribution in [0.3, 0.4) is 0 Å². The van der Waals surface area contributed by atoms with E-state index in [1.54, 1.807) is 0 Å². The lowest BCUT2D eigenvalue weighted by Gasteiger charge is -2.19. The monoisotopic (exact) mass is 352 g/mol. The van der Waals surface area contributed by atoms with Gasteiger partial charge >= 0.3 is 8.60 Å². The molecule has 0 aromatic heterocycles. The van der Waals surface area contributed by atoms with E-state index < -0.39 is 8.60 Å². The van der Waals surface area contributed by atoms with E-state index in [1.807, 2.05) is 93.6 Å². The van der Waals surface area contributed by atoms with Crippen molar-refractivity contribution in [1.29, 1.82) is 0 Å². The zero-order valence-electron chi connectivity index (χ0n) is 14.6. The Balaban J connectivity index is 1.85. The van der Waals surface area contributed by atoms with Gasteiger partial charge in [-0.25, -0.2) is 0 Å². The Labute approximate surface area is 150 Å². The lowest BCUT2D eigenvalue weighted by atomic mass is 10.2. The maximum Gasteiger partial charge on any atom is 0.530 e. The minimum Gasteiger partial charge on any atom is -0.408 e. The summed E-state index contributed by atoms with van der Waals surface area (Å²) >= 11 is 0. The molecule has 0 saturated carbocycles. The fraction of sp³-hybridized carbons (Fsp3) is 0.143. The van der Waals surface area contributed by atoms with Crippen LogP contribution in [0.4, 0.5) is 0 Å². The molecule has 3 aromatic rings. The van der Waals surface area contributed by atoms with Crippen LogP contribution in [0.25, 0.3) is 0 Å². The second-order valence-corrected chi connectivity index (χ2v) is 6.84. The quantitative estimate of drug-likeness (QED) is 0.482. The van der Waals surface area contributed by atoms with E-state index in [2.05, 4.69) is 0 Å². The summed E-state index contributed by atoms with van der Waals surface area (Å²) in [6.45, 7) is 6.03. The molecule has 0 N–H and O–H groups in total. The molecule has 0 saturated heterocycles. The molecule has 0 aliphatic heterocycles. The zero-order chi connectivity index (χ0) is 17.6. The van der Waals surface area contributed by atoms with Crippen LogP contribution in [-0.4, -0.2) is 0 Å². The van der Waals surface area contributed by atoms with Crippen LogP contribution in [0.15, 0.2) is 72.8 Å². The molecule has 3 aromatic carbocycles. The average molecular weight is 352 g/mol. The van der Waals surface area contributed by atoms with E-state index in [-0.39, 0.29) is 0 Å². The second-order valence-electron chi connectivity index (χ2n) is 5.84. The Morgan fingerprint density at radius 2 is 1.16 bits per heavy atom. The molecular formula is C21H21O3P. The van der Waals surface area contributed by atoms with Gasteiger partial charge in [0.15, 0.2) is 0 Å². The Morgan fingerprint density at radius 1 is 0.600 bits per heavy atom. The maximum atomic E-state index is 6.07. The summed E-state index contributed by atoms with van der Waals surface area (Å²) in [4.78, 5) is 0. The van der Waals surface area contributed by atoms with Crippen molar-refractivity contribution in [1.82, 2.24) is 0 Å². The molecule has 0 radical (unpaired) electrons. The normalized spacial score (nSPS) is 10.6. The van der Waals surface area contributed by atoms with Crippen molar-refractivity contribution in [3.63, 3.8) is 0 Å². The molecule has 128 valence electrons. The fourth-order valence-corrected chi connectivity index (χ4v) is 3.42. The molecule has 3 nitrogen and oxygen atoms in total. The van der Waals surface area contributed by atoms with Gasteiger partial charge in [0.1, 0.15) is 17.2 Å². The molecule has 0 heterocycles. The van der Waals surface area contributed by atoms with Gasteiger partial charge in [-0.05, 0) is 61.7 Å². The fourth-order valence-electron chi connectivity index (χ4n) is 2.29. The van der Waals surface area contributed by atoms with Crippen LogP contribution < -0.4 is 13.6 Å². The van der Waals surface area contributed by atoms with Crippen molar-refractivity contribution in [2.45, 2.75) is 20.8 Å². The van der Waals surface area contributed by atoms with Crippen molar-refractivity contribution < 1.29 is 13.6 Å². The third kappa shape index (κ3) is 4.74. The summed E-state index contributed by atoms with van der Waals surface area (Å²) in [5.74, 6) is 2.25. The molecule has 0 atom stereocenters. The average Bonchev–Trinajstić information content (AvgIpc) is 2.59. The SMILES string of the molecule is Cc1cccc(OP(Oc2ccccc2C)Oc2ccccc2C)c1. The van der Waals surface area contributed by atoms with Gasteiger partial charge < -0.3 is 13.6 Å². The van der Waals surface area contributed by atoms with Crippen molar-refractivity contribution in [2.75, 3.05) is 0 Å². The minimum absolute atomic E-state index is 0.730. The smallest absolute Gasteiger partial charge is 0.408 e. The van der Waals surface area contributed by atoms with Gasteiger partial charge in [0.05, 0.1) is 0 Å². The number of hydrogen-bond donors (Lipinski definition) is 0. The Hall–Kier alpha value is -2.51. The summed E-state index contributed by atoms with van der Waals surface area (Å²) in [6, 6.07) is 23.6. The van der Waals surface area contributed by atoms with Gasteiger partial charge in [-0.15, -0.1) is 0 Å². The van der Waals surface area contributed by atoms with E-state index in [4.69, 9.17) is 13.6 Å². The van der Waals surface area contributed by atoms with E-state index >= 15 is 0 Å². The Bertz CT molecular complexity index is 800. The van der Waals surface area contributed by atoms with E-state index in [0.717, 1.165) is 33.9 Å². The molecular weight excluding hydrogens is 331 g/mol. The summed E-state index contributed by atoms with van der Waals surface area (Å²) < 4.78 is 18.2. The highest BCUT2D eigenvalue weighted by Crippen LogP contribution is 2.43. The van der Waals surface area contributed by atoms with E-state index in [1.165, 1.54) is 0 Å². The van der Waals surface area contributed by atoms with Crippen LogP contribution in [0.2, 0.25) is 0 Å². The maximum absolute atomic E-state index is 6.07. The van der Waals surface area contributed by atoms with Gasteiger partial charge in [-0.3, -0.25) is 0 Å². The highest BCUT2D eigenvalue weighted by molar-refractivity contribution is 7.43. The lowest BCUT2D eigenvalue weighted by molar-refractivity contribution is 0.386. The Kier molecular flexibility index (Phi) is 5.57. The third-order valence-corrected chi connectivity index (χ3v) is 4.75. The van der Waals surface area contributed by atoms with Crippen LogP contribution in [-0.2, 0) is 0 Å². The molecule has 0 fully saturated rings. The van der Waals surface area contributed by atoms with Crippen molar-refractivity contribution in [2.24, 2.45) is 0 Å². The number of hydrogen-bond acceptors (Lipinski definition) is 3. The summed E-state index contributed by atoms with van der Waals surface area (Å²) in [7, 11) is -1.63. The molecule has 0 bridgehead atoms. The molecule has 4 heteroatoms. The molecule has 3 rings (SSSR count). The van der Waals surface area contributed by atoms with Gasteiger partial charge in [0, 0.05) is 0 Å². The molecule has 0 aliphatic carbocycles. The van der Waals surface area contributed by atoms with Gasteiger partial charge in [-0.2, -0.15) is 0 Å². The van der Waals surface area contributed by atoms with E-state index in [0.29, 0.717) is 0 Å². The standard InChI is InChI=1S/C21H21O3P/c1-16-9-8-12-19(15-16)22-25(23-20-13-6-4-10-17(20)2)24-21-14-7-5-11-18(21)3/h4-15H,1-3H3. The highest BCUT2D eigenvalue weighted by Gasteiger charge is 2.21. The van der Waals surface area contributed by atoms with Crippen molar-refractivity contribution >= 4 is 8.60 Å². The zero-order valence-corrected chi connectivity index (χ0v) is 15.5. The number of para-hydroxylation sites is 2. The van der Waals surface area contributed by atoms with Crippen LogP contribution in [0, 0.1) is 20.8 Å². The summed E-state index contributed by atoms with van der Waals surface area (Å²) in [6.07, 6.45) is 0. The molecule has 0 aliphatic rings. The molecule has 0 unspecified atom stereocenters. The molecule has 0 amide bonds. The van der Waals surface area contributed by atoms with Crippen LogP contribution >= 0.6 is 8.60 Å². The predicted octanol–water partition coefficient (Wildman–Crippen LogP) is 6.38. The second kappa shape index (κ2) is 8.04. The minimum atomic E-state index is -1.63. The first-order chi connectivity index (χ1) is 12.1. The predicted molar refractivity (Wildman–Crippen MR) is 102 cm³/mol. The molecule has 0 spiro atoms. The largest absolute Gasteiger partial charge is 0.530 e. The summed E-state index contributed by atoms with van der Waals surface area (Å²) in [5, 5.41) is 0. The van der Waals surface area contributed by atoms with Crippen molar-refractivity contribution in [3.8, 4) is 17.2 Å². The molecule has 25 heavy (non-hydrogen) atoms. The third-order valence-electron chi connectivity index (χ3n) is 3.70. The number of benzene rings is 3. The topological polar surface area (TPSA) is 27.7 Å². The van der Waals surface area contributed by atoms with Crippen molar-refractivity contribution in [3.05, 3.63) is 89.5 Å². The van der Waals surface area contributed by atoms with Crippen LogP contribution in [0.1, 0.15) is 16.7 Å². The van der Waals surface area contributed by atoms with E-state index in [9.17, 15) is 0 Å². The first-order valence-electron chi connectivity index (χ1n) is 8.14. The first kappa shape index (κ1) is 17.3. The lowest BCUT2D eigenvalue weighted by Crippen LogP contribution is -2.04.